The number of benzene rings is 2. The molecular formula is C29H26F3N7O. The number of aryl methyl sites for hydroxylation is 2. The number of anilines is 2. The van der Waals surface area contributed by atoms with Crippen molar-refractivity contribution >= 4 is 28.9 Å². The number of aromatic nitrogens is 3. The van der Waals surface area contributed by atoms with E-state index in [2.05, 4.69) is 30.9 Å². The lowest BCUT2D eigenvalue weighted by Crippen LogP contribution is -2.34. The molecule has 5 rings (SSSR count). The number of carbonyl (C=O) groups excluding carboxylic acids is 1. The van der Waals surface area contributed by atoms with Gasteiger partial charge in [-0.25, -0.2) is 9.98 Å². The van der Waals surface area contributed by atoms with E-state index in [0.29, 0.717) is 17.3 Å². The summed E-state index contributed by atoms with van der Waals surface area (Å²) in [5.74, 6) is -0.0642. The lowest BCUT2D eigenvalue weighted by molar-refractivity contribution is -0.137. The van der Waals surface area contributed by atoms with E-state index in [1.54, 1.807) is 43.7 Å². The number of imidazole rings is 1. The van der Waals surface area contributed by atoms with Gasteiger partial charge in [-0.1, -0.05) is 6.07 Å². The third-order valence-electron chi connectivity index (χ3n) is 6.23. The maximum absolute atomic E-state index is 13.6. The third kappa shape index (κ3) is 6.04. The summed E-state index contributed by atoms with van der Waals surface area (Å²) >= 11 is 0. The Morgan fingerprint density at radius 1 is 1.10 bits per heavy atom. The number of carbonyl (C=O) groups is 1. The first kappa shape index (κ1) is 26.7. The molecule has 4 aromatic rings. The van der Waals surface area contributed by atoms with Crippen LogP contribution in [0.25, 0.3) is 11.4 Å². The van der Waals surface area contributed by atoms with Gasteiger partial charge in [-0.3, -0.25) is 9.78 Å². The number of pyridine rings is 1. The van der Waals surface area contributed by atoms with Crippen molar-refractivity contribution in [1.82, 2.24) is 19.9 Å². The summed E-state index contributed by atoms with van der Waals surface area (Å²) in [7, 11) is 0. The molecule has 3 heterocycles. The normalized spacial score (nSPS) is 15.1. The average Bonchev–Trinajstić information content (AvgIpc) is 3.36. The van der Waals surface area contributed by atoms with Crippen molar-refractivity contribution < 1.29 is 18.0 Å². The van der Waals surface area contributed by atoms with E-state index in [1.807, 2.05) is 32.1 Å². The zero-order valence-corrected chi connectivity index (χ0v) is 21.9. The molecule has 1 unspecified atom stereocenters. The van der Waals surface area contributed by atoms with Gasteiger partial charge in [-0.2, -0.15) is 13.2 Å². The lowest BCUT2D eigenvalue weighted by Gasteiger charge is -2.22. The van der Waals surface area contributed by atoms with Crippen LogP contribution in [0.4, 0.5) is 24.5 Å². The largest absolute Gasteiger partial charge is 0.416 e. The van der Waals surface area contributed by atoms with Crippen molar-refractivity contribution in [2.24, 2.45) is 4.99 Å². The number of guanidine groups is 1. The fourth-order valence-corrected chi connectivity index (χ4v) is 4.22. The quantitative estimate of drug-likeness (QED) is 0.288. The van der Waals surface area contributed by atoms with Crippen LogP contribution in [-0.2, 0) is 6.18 Å². The number of aliphatic imine (C=N–C) groups is 1. The second-order valence-electron chi connectivity index (χ2n) is 9.46. The molecule has 0 bridgehead atoms. The number of amides is 1. The third-order valence-corrected chi connectivity index (χ3v) is 6.23. The van der Waals surface area contributed by atoms with Gasteiger partial charge in [0.25, 0.3) is 5.91 Å². The molecule has 0 fully saturated rings. The van der Waals surface area contributed by atoms with E-state index in [4.69, 9.17) is 0 Å². The fourth-order valence-electron chi connectivity index (χ4n) is 4.22. The van der Waals surface area contributed by atoms with Crippen LogP contribution in [0.2, 0.25) is 0 Å². The number of hydrogen-bond donors (Lipinski definition) is 3. The molecule has 1 amide bonds. The van der Waals surface area contributed by atoms with Crippen LogP contribution in [0.1, 0.15) is 39.7 Å². The van der Waals surface area contributed by atoms with E-state index < -0.39 is 17.6 Å². The molecule has 2 aromatic carbocycles. The van der Waals surface area contributed by atoms with Crippen LogP contribution in [-0.4, -0.2) is 32.4 Å². The summed E-state index contributed by atoms with van der Waals surface area (Å²) in [4.78, 5) is 26.0. The van der Waals surface area contributed by atoms with Gasteiger partial charge in [-0.05, 0) is 74.9 Å². The van der Waals surface area contributed by atoms with Crippen molar-refractivity contribution in [3.8, 4) is 5.69 Å². The van der Waals surface area contributed by atoms with Gasteiger partial charge >= 0.3 is 6.18 Å². The molecule has 11 heteroatoms. The van der Waals surface area contributed by atoms with E-state index in [1.165, 1.54) is 17.0 Å². The Balaban J connectivity index is 1.38. The SMILES string of the molecule is Cc1cn(-c2cc(NC(=O)c3ccc(C)c(NC4=NC(C)C=C(c5cccnc5)N4)c3)cc(C(F)(F)F)c2)cn1. The molecule has 1 atom stereocenters. The van der Waals surface area contributed by atoms with Crippen LogP contribution < -0.4 is 16.0 Å². The number of nitrogens with one attached hydrogen (secondary N) is 3. The van der Waals surface area contributed by atoms with Crippen molar-refractivity contribution in [2.45, 2.75) is 33.0 Å². The minimum Gasteiger partial charge on any atom is -0.326 e. The molecule has 1 aliphatic heterocycles. The standard InChI is InChI=1S/C29H26F3N7O/c1-17-6-7-20(10-25(17)37-28-35-18(2)9-26(38-28)21-5-4-8-33-14-21)27(40)36-23-11-22(29(30,31)32)12-24(13-23)39-15-19(3)34-16-39/h4-16,18H,1-3H3,(H,36,40)(H2,35,37,38). The van der Waals surface area contributed by atoms with Crippen LogP contribution in [0, 0.1) is 13.8 Å². The topological polar surface area (TPSA) is 96.2 Å². The highest BCUT2D eigenvalue weighted by molar-refractivity contribution is 6.06. The summed E-state index contributed by atoms with van der Waals surface area (Å²) in [5.41, 5.74) is 3.48. The first-order valence-electron chi connectivity index (χ1n) is 12.4. The monoisotopic (exact) mass is 545 g/mol. The van der Waals surface area contributed by atoms with E-state index in [-0.39, 0.29) is 23.0 Å². The van der Waals surface area contributed by atoms with Crippen LogP contribution in [0.3, 0.4) is 0 Å². The molecule has 0 saturated carbocycles. The summed E-state index contributed by atoms with van der Waals surface area (Å²) in [6, 6.07) is 12.1. The predicted molar refractivity (Wildman–Crippen MR) is 148 cm³/mol. The smallest absolute Gasteiger partial charge is 0.326 e. The Morgan fingerprint density at radius 3 is 2.62 bits per heavy atom. The zero-order chi connectivity index (χ0) is 28.4. The highest BCUT2D eigenvalue weighted by atomic mass is 19.4. The summed E-state index contributed by atoms with van der Waals surface area (Å²) < 4.78 is 42.4. The molecule has 2 aromatic heterocycles. The van der Waals surface area contributed by atoms with E-state index in [9.17, 15) is 18.0 Å². The molecule has 0 aliphatic carbocycles. The second kappa shape index (κ2) is 10.7. The second-order valence-corrected chi connectivity index (χ2v) is 9.46. The highest BCUT2D eigenvalue weighted by Crippen LogP contribution is 2.33. The van der Waals surface area contributed by atoms with Gasteiger partial charge in [0.2, 0.25) is 5.96 Å². The lowest BCUT2D eigenvalue weighted by atomic mass is 10.1. The highest BCUT2D eigenvalue weighted by Gasteiger charge is 2.31. The Bertz CT molecular complexity index is 1620. The molecule has 3 N–H and O–H groups in total. The molecular weight excluding hydrogens is 519 g/mol. The van der Waals surface area contributed by atoms with Crippen LogP contribution >= 0.6 is 0 Å². The van der Waals surface area contributed by atoms with Crippen LogP contribution in [0.5, 0.6) is 0 Å². The maximum atomic E-state index is 13.6. The number of halogens is 3. The minimum absolute atomic E-state index is 0.00894. The molecule has 0 radical (unpaired) electrons. The number of rotatable bonds is 5. The number of alkyl halides is 3. The van der Waals surface area contributed by atoms with Gasteiger partial charge in [0, 0.05) is 52.5 Å². The summed E-state index contributed by atoms with van der Waals surface area (Å²) in [6.07, 6.45) is 3.86. The Morgan fingerprint density at radius 2 is 1.93 bits per heavy atom. The Labute approximate surface area is 228 Å². The zero-order valence-electron chi connectivity index (χ0n) is 21.9. The first-order chi connectivity index (χ1) is 19.0. The van der Waals surface area contributed by atoms with Gasteiger partial charge in [0.05, 0.1) is 23.6 Å². The van der Waals surface area contributed by atoms with Gasteiger partial charge in [-0.15, -0.1) is 0 Å². The maximum Gasteiger partial charge on any atom is 0.416 e. The number of hydrogen-bond acceptors (Lipinski definition) is 6. The number of nitrogens with zero attached hydrogens (tertiary/aromatic N) is 4. The average molecular weight is 546 g/mol. The molecule has 40 heavy (non-hydrogen) atoms. The van der Waals surface area contributed by atoms with E-state index >= 15 is 0 Å². The van der Waals surface area contributed by atoms with Crippen molar-refractivity contribution in [2.75, 3.05) is 10.6 Å². The van der Waals surface area contributed by atoms with Crippen molar-refractivity contribution in [1.29, 1.82) is 0 Å². The molecule has 8 nitrogen and oxygen atoms in total. The molecule has 0 saturated heterocycles. The summed E-state index contributed by atoms with van der Waals surface area (Å²) in [6.45, 7) is 5.56. The fraction of sp³-hybridized carbons (Fsp3) is 0.172. The van der Waals surface area contributed by atoms with Crippen molar-refractivity contribution in [3.63, 3.8) is 0 Å². The Kier molecular flexibility index (Phi) is 7.12. The van der Waals surface area contributed by atoms with Crippen molar-refractivity contribution in [3.05, 3.63) is 107 Å². The Hall–Kier alpha value is -4.93. The van der Waals surface area contributed by atoms with Crippen LogP contribution in [0.15, 0.2) is 84.5 Å². The molecule has 1 aliphatic rings. The minimum atomic E-state index is -4.60. The van der Waals surface area contributed by atoms with E-state index in [0.717, 1.165) is 29.0 Å². The summed E-state index contributed by atoms with van der Waals surface area (Å²) in [5, 5.41) is 9.10. The predicted octanol–water partition coefficient (Wildman–Crippen LogP) is 5.96. The van der Waals surface area contributed by atoms with Gasteiger partial charge < -0.3 is 20.5 Å². The molecule has 204 valence electrons. The molecule has 0 spiro atoms. The first-order valence-corrected chi connectivity index (χ1v) is 12.4. The van der Waals surface area contributed by atoms with Gasteiger partial charge in [0.15, 0.2) is 0 Å². The van der Waals surface area contributed by atoms with Gasteiger partial charge in [0.1, 0.15) is 0 Å².